The Balaban J connectivity index is 1.50. The lowest BCUT2D eigenvalue weighted by Crippen LogP contribution is -2.12. The maximum absolute atomic E-state index is 12.2. The molecule has 0 atom stereocenters. The van der Waals surface area contributed by atoms with E-state index >= 15 is 0 Å². The molecule has 0 aliphatic carbocycles. The van der Waals surface area contributed by atoms with E-state index in [4.69, 9.17) is 27.9 Å². The van der Waals surface area contributed by atoms with Crippen LogP contribution in [0.25, 0.3) is 4.96 Å². The predicted molar refractivity (Wildman–Crippen MR) is 120 cm³/mol. The molecule has 0 aliphatic rings. The van der Waals surface area contributed by atoms with Gasteiger partial charge in [-0.25, -0.2) is 4.98 Å². The molecule has 4 aromatic rings. The smallest absolute Gasteiger partial charge is 0.258 e. The maximum Gasteiger partial charge on any atom is 0.258 e. The number of ether oxygens (including phenoxy) is 1. The number of aromatic nitrogens is 5. The second-order valence-corrected chi connectivity index (χ2v) is 8.75. The lowest BCUT2D eigenvalue weighted by atomic mass is 10.3. The van der Waals surface area contributed by atoms with Crippen molar-refractivity contribution in [3.8, 4) is 5.75 Å². The highest BCUT2D eigenvalue weighted by Gasteiger charge is 2.14. The number of nitrogens with zero attached hydrogens (tertiary/aromatic N) is 5. The SMILES string of the molecule is C=CCn1c(COc2cc(Cl)ccc2Cl)nnc1SCc1cc(=O)n2ccsc2n1. The summed E-state index contributed by atoms with van der Waals surface area (Å²) >= 11 is 15.0. The number of halogens is 2. The lowest BCUT2D eigenvalue weighted by molar-refractivity contribution is 0.289. The van der Waals surface area contributed by atoms with Gasteiger partial charge in [-0.15, -0.1) is 28.1 Å². The zero-order chi connectivity index (χ0) is 21.1. The number of hydrogen-bond donors (Lipinski definition) is 0. The molecule has 11 heteroatoms. The highest BCUT2D eigenvalue weighted by atomic mass is 35.5. The molecular formula is C19H15Cl2N5O2S2. The molecule has 1 aromatic carbocycles. The number of allylic oxidation sites excluding steroid dienone is 1. The van der Waals surface area contributed by atoms with E-state index in [9.17, 15) is 4.79 Å². The first-order valence-corrected chi connectivity index (χ1v) is 11.4. The summed E-state index contributed by atoms with van der Waals surface area (Å²) in [6.07, 6.45) is 3.47. The van der Waals surface area contributed by atoms with Crippen molar-refractivity contribution < 1.29 is 4.74 Å². The van der Waals surface area contributed by atoms with Crippen LogP contribution in [0.3, 0.4) is 0 Å². The molecule has 0 bridgehead atoms. The predicted octanol–water partition coefficient (Wildman–Crippen LogP) is 4.71. The van der Waals surface area contributed by atoms with Gasteiger partial charge < -0.3 is 4.74 Å². The van der Waals surface area contributed by atoms with Gasteiger partial charge in [0.05, 0.1) is 10.7 Å². The van der Waals surface area contributed by atoms with Gasteiger partial charge >= 0.3 is 0 Å². The topological polar surface area (TPSA) is 74.3 Å². The second-order valence-electron chi connectivity index (χ2n) is 6.09. The van der Waals surface area contributed by atoms with E-state index in [1.807, 2.05) is 9.95 Å². The van der Waals surface area contributed by atoms with Crippen molar-refractivity contribution >= 4 is 51.3 Å². The van der Waals surface area contributed by atoms with Crippen molar-refractivity contribution in [3.05, 3.63) is 80.4 Å². The Bertz CT molecular complexity index is 1270. The summed E-state index contributed by atoms with van der Waals surface area (Å²) in [6.45, 7) is 4.48. The Labute approximate surface area is 190 Å². The van der Waals surface area contributed by atoms with Crippen LogP contribution in [0.5, 0.6) is 5.75 Å². The second kappa shape index (κ2) is 9.22. The van der Waals surface area contributed by atoms with Crippen molar-refractivity contribution in [2.75, 3.05) is 0 Å². The minimum atomic E-state index is -0.100. The molecule has 30 heavy (non-hydrogen) atoms. The van der Waals surface area contributed by atoms with Crippen LogP contribution < -0.4 is 10.3 Å². The Hall–Kier alpha value is -2.33. The summed E-state index contributed by atoms with van der Waals surface area (Å²) in [6, 6.07) is 6.55. The zero-order valence-electron chi connectivity index (χ0n) is 15.5. The fourth-order valence-corrected chi connectivity index (χ4v) is 4.61. The van der Waals surface area contributed by atoms with Crippen LogP contribution in [0.15, 0.2) is 58.4 Å². The number of hydrogen-bond acceptors (Lipinski definition) is 7. The molecule has 0 N–H and O–H groups in total. The van der Waals surface area contributed by atoms with Gasteiger partial charge in [0.1, 0.15) is 12.4 Å². The third-order valence-electron chi connectivity index (χ3n) is 4.06. The summed E-state index contributed by atoms with van der Waals surface area (Å²) in [5.41, 5.74) is 0.584. The van der Waals surface area contributed by atoms with E-state index in [0.717, 1.165) is 0 Å². The zero-order valence-corrected chi connectivity index (χ0v) is 18.6. The van der Waals surface area contributed by atoms with Crippen LogP contribution in [-0.2, 0) is 18.9 Å². The molecule has 0 aliphatic heterocycles. The first-order chi connectivity index (χ1) is 14.5. The number of thioether (sulfide) groups is 1. The van der Waals surface area contributed by atoms with Crippen LogP contribution in [-0.4, -0.2) is 24.1 Å². The first-order valence-electron chi connectivity index (χ1n) is 8.74. The maximum atomic E-state index is 12.2. The monoisotopic (exact) mass is 479 g/mol. The minimum absolute atomic E-state index is 0.100. The third-order valence-corrected chi connectivity index (χ3v) is 6.36. The quantitative estimate of drug-likeness (QED) is 0.269. The van der Waals surface area contributed by atoms with Crippen LogP contribution in [0.1, 0.15) is 11.5 Å². The molecule has 0 spiro atoms. The summed E-state index contributed by atoms with van der Waals surface area (Å²) in [4.78, 5) is 17.3. The molecule has 0 amide bonds. The number of rotatable bonds is 8. The lowest BCUT2D eigenvalue weighted by Gasteiger charge is -2.10. The molecule has 0 saturated heterocycles. The summed E-state index contributed by atoms with van der Waals surface area (Å²) < 4.78 is 9.20. The molecule has 3 aromatic heterocycles. The molecule has 0 saturated carbocycles. The number of fused-ring (bicyclic) bond motifs is 1. The van der Waals surface area contributed by atoms with Gasteiger partial charge in [-0.1, -0.05) is 41.0 Å². The fraction of sp³-hybridized carbons (Fsp3) is 0.158. The van der Waals surface area contributed by atoms with Gasteiger partial charge in [0.2, 0.25) is 0 Å². The number of thiazole rings is 1. The van der Waals surface area contributed by atoms with Crippen LogP contribution in [0.4, 0.5) is 0 Å². The normalized spacial score (nSPS) is 11.1. The summed E-state index contributed by atoms with van der Waals surface area (Å²) in [5, 5.41) is 12.0. The largest absolute Gasteiger partial charge is 0.484 e. The highest BCUT2D eigenvalue weighted by molar-refractivity contribution is 7.98. The van der Waals surface area contributed by atoms with Crippen LogP contribution >= 0.6 is 46.3 Å². The summed E-state index contributed by atoms with van der Waals surface area (Å²) in [5.74, 6) is 1.58. The van der Waals surface area contributed by atoms with Gasteiger partial charge in [0.25, 0.3) is 5.56 Å². The highest BCUT2D eigenvalue weighted by Crippen LogP contribution is 2.29. The van der Waals surface area contributed by atoms with Crippen molar-refractivity contribution in [2.45, 2.75) is 24.1 Å². The van der Waals surface area contributed by atoms with Gasteiger partial charge in [-0.3, -0.25) is 13.8 Å². The fourth-order valence-electron chi connectivity index (χ4n) is 2.68. The molecule has 0 unspecified atom stereocenters. The molecule has 0 radical (unpaired) electrons. The third kappa shape index (κ3) is 4.54. The van der Waals surface area contributed by atoms with E-state index < -0.39 is 0 Å². The van der Waals surface area contributed by atoms with Crippen LogP contribution in [0.2, 0.25) is 10.0 Å². The molecule has 7 nitrogen and oxygen atoms in total. The van der Waals surface area contributed by atoms with Gasteiger partial charge in [0.15, 0.2) is 15.9 Å². The van der Waals surface area contributed by atoms with Gasteiger partial charge in [-0.2, -0.15) is 0 Å². The Morgan fingerprint density at radius 3 is 2.97 bits per heavy atom. The standard InChI is InChI=1S/C19H15Cl2N5O2S2/c1-2-5-25-16(10-28-15-8-12(20)3-4-14(15)21)23-24-19(25)30-11-13-9-17(27)26-6-7-29-18(26)22-13/h2-4,6-9H,1,5,10-11H2. The van der Waals surface area contributed by atoms with Crippen molar-refractivity contribution in [1.82, 2.24) is 24.1 Å². The molecule has 0 fully saturated rings. The van der Waals surface area contributed by atoms with Crippen molar-refractivity contribution in [1.29, 1.82) is 0 Å². The minimum Gasteiger partial charge on any atom is -0.484 e. The Morgan fingerprint density at radius 1 is 1.27 bits per heavy atom. The van der Waals surface area contributed by atoms with E-state index in [1.54, 1.807) is 30.5 Å². The average molecular weight is 480 g/mol. The van der Waals surface area contributed by atoms with Gasteiger partial charge in [-0.05, 0) is 12.1 Å². The Morgan fingerprint density at radius 2 is 2.13 bits per heavy atom. The molecule has 154 valence electrons. The molecule has 3 heterocycles. The summed E-state index contributed by atoms with van der Waals surface area (Å²) in [7, 11) is 0. The molecular weight excluding hydrogens is 465 g/mol. The average Bonchev–Trinajstić information content (AvgIpc) is 3.35. The van der Waals surface area contributed by atoms with E-state index in [-0.39, 0.29) is 12.2 Å². The van der Waals surface area contributed by atoms with Crippen LogP contribution in [0, 0.1) is 0 Å². The van der Waals surface area contributed by atoms with Crippen molar-refractivity contribution in [3.63, 3.8) is 0 Å². The van der Waals surface area contributed by atoms with E-state index in [2.05, 4.69) is 21.8 Å². The van der Waals surface area contributed by atoms with E-state index in [1.165, 1.54) is 33.6 Å². The van der Waals surface area contributed by atoms with Gasteiger partial charge in [0, 0.05) is 41.0 Å². The molecule has 4 rings (SSSR count). The van der Waals surface area contributed by atoms with E-state index in [0.29, 0.717) is 49.7 Å². The number of benzene rings is 1. The van der Waals surface area contributed by atoms with Crippen molar-refractivity contribution in [2.24, 2.45) is 0 Å². The Kier molecular flexibility index (Phi) is 6.43. The first kappa shape index (κ1) is 20.9.